The predicted molar refractivity (Wildman–Crippen MR) is 124 cm³/mol. The molecular formula is C28H24F5NO2. The summed E-state index contributed by atoms with van der Waals surface area (Å²) in [5, 5.41) is 8.86. The minimum atomic E-state index is -4.29. The summed E-state index contributed by atoms with van der Waals surface area (Å²) in [6, 6.07) is 8.94. The summed E-state index contributed by atoms with van der Waals surface area (Å²) in [7, 11) is 0. The van der Waals surface area contributed by atoms with Crippen LogP contribution in [-0.4, -0.2) is 33.7 Å². The summed E-state index contributed by atoms with van der Waals surface area (Å²) >= 11 is 0. The zero-order valence-corrected chi connectivity index (χ0v) is 19.5. The van der Waals surface area contributed by atoms with Crippen molar-refractivity contribution in [1.82, 2.24) is 4.90 Å². The molecule has 8 heteroatoms. The van der Waals surface area contributed by atoms with Gasteiger partial charge in [-0.15, -0.1) is 0 Å². The third-order valence-electron chi connectivity index (χ3n) is 8.64. The van der Waals surface area contributed by atoms with Crippen LogP contribution in [0.3, 0.4) is 0 Å². The number of halogens is 5. The number of carboxylic acids is 1. The van der Waals surface area contributed by atoms with Gasteiger partial charge in [0.05, 0.1) is 11.5 Å². The molecule has 4 aliphatic carbocycles. The third-order valence-corrected chi connectivity index (χ3v) is 8.64. The van der Waals surface area contributed by atoms with E-state index in [0.29, 0.717) is 12.8 Å². The van der Waals surface area contributed by atoms with Crippen LogP contribution >= 0.6 is 0 Å². The van der Waals surface area contributed by atoms with E-state index in [1.54, 1.807) is 0 Å². The van der Waals surface area contributed by atoms with E-state index in [1.165, 1.54) is 0 Å². The molecule has 0 amide bonds. The normalized spacial score (nSPS) is 31.2. The van der Waals surface area contributed by atoms with Gasteiger partial charge in [-0.3, -0.25) is 4.90 Å². The molecule has 0 radical (unpaired) electrons. The van der Waals surface area contributed by atoms with E-state index in [1.807, 2.05) is 36.1 Å². The quantitative estimate of drug-likeness (QED) is 0.375. The second-order valence-electron chi connectivity index (χ2n) is 10.8. The number of rotatable bonds is 4. The SMILES string of the molecule is C[C@@H]1CC2=C(Cc3ccccc32)[C@@H](c2c(F)cc(/C=C/C(=O)O)cc2F)N1C12CC(C(F)(F)F)(C1)C2. The highest BCUT2D eigenvalue weighted by molar-refractivity contribution is 5.85. The molecule has 2 atom stereocenters. The zero-order valence-electron chi connectivity index (χ0n) is 19.5. The van der Waals surface area contributed by atoms with Gasteiger partial charge in [0.1, 0.15) is 11.6 Å². The molecule has 1 heterocycles. The summed E-state index contributed by atoms with van der Waals surface area (Å²) < 4.78 is 72.3. The van der Waals surface area contributed by atoms with Crippen LogP contribution in [-0.2, 0) is 11.2 Å². The number of carbonyl (C=O) groups is 1. The van der Waals surface area contributed by atoms with Gasteiger partial charge in [-0.1, -0.05) is 24.3 Å². The Morgan fingerprint density at radius 1 is 1.11 bits per heavy atom. The number of benzene rings is 2. The molecule has 0 spiro atoms. The second kappa shape index (κ2) is 7.51. The van der Waals surface area contributed by atoms with Crippen molar-refractivity contribution in [3.05, 3.63) is 81.9 Å². The Kier molecular flexibility index (Phi) is 4.88. The van der Waals surface area contributed by atoms with Crippen LogP contribution in [0.15, 0.2) is 48.0 Å². The molecule has 0 aromatic heterocycles. The molecule has 5 aliphatic rings. The Morgan fingerprint density at radius 2 is 1.75 bits per heavy atom. The van der Waals surface area contributed by atoms with Gasteiger partial charge in [0.2, 0.25) is 0 Å². The first-order valence-electron chi connectivity index (χ1n) is 12.0. The van der Waals surface area contributed by atoms with Crippen LogP contribution in [0.4, 0.5) is 22.0 Å². The number of fused-ring (bicyclic) bond motifs is 2. The summed E-state index contributed by atoms with van der Waals surface area (Å²) in [6.07, 6.45) is -1.44. The summed E-state index contributed by atoms with van der Waals surface area (Å²) in [4.78, 5) is 12.8. The number of alkyl halides is 3. The van der Waals surface area contributed by atoms with Gasteiger partial charge >= 0.3 is 12.1 Å². The highest BCUT2D eigenvalue weighted by Crippen LogP contribution is 2.77. The highest BCUT2D eigenvalue weighted by atomic mass is 19.4. The molecule has 2 aromatic carbocycles. The lowest BCUT2D eigenvalue weighted by molar-refractivity contribution is -0.368. The smallest absolute Gasteiger partial charge is 0.394 e. The molecule has 2 bridgehead atoms. The minimum absolute atomic E-state index is 0.0530. The van der Waals surface area contributed by atoms with Crippen molar-refractivity contribution in [2.45, 2.75) is 62.8 Å². The highest BCUT2D eigenvalue weighted by Gasteiger charge is 2.81. The summed E-state index contributed by atoms with van der Waals surface area (Å²) in [5.74, 6) is -2.90. The summed E-state index contributed by atoms with van der Waals surface area (Å²) in [6.45, 7) is 1.93. The Hall–Kier alpha value is -3.00. The number of nitrogens with zero attached hydrogens (tertiary/aromatic N) is 1. The van der Waals surface area contributed by atoms with Crippen LogP contribution in [0, 0.1) is 17.0 Å². The van der Waals surface area contributed by atoms with E-state index >= 15 is 8.78 Å². The second-order valence-corrected chi connectivity index (χ2v) is 10.8. The van der Waals surface area contributed by atoms with E-state index < -0.39 is 40.8 Å². The molecule has 7 rings (SSSR count). The van der Waals surface area contributed by atoms with Gasteiger partial charge in [-0.25, -0.2) is 13.6 Å². The van der Waals surface area contributed by atoms with Crippen LogP contribution in [0.25, 0.3) is 11.6 Å². The molecule has 188 valence electrons. The van der Waals surface area contributed by atoms with Gasteiger partial charge in [0, 0.05) is 23.2 Å². The van der Waals surface area contributed by atoms with Crippen molar-refractivity contribution in [3.8, 4) is 0 Å². The average molecular weight is 501 g/mol. The predicted octanol–water partition coefficient (Wildman–Crippen LogP) is 6.69. The van der Waals surface area contributed by atoms with Crippen molar-refractivity contribution in [1.29, 1.82) is 0 Å². The van der Waals surface area contributed by atoms with Gasteiger partial charge in [-0.05, 0) is 85.1 Å². The van der Waals surface area contributed by atoms with Crippen LogP contribution < -0.4 is 0 Å². The van der Waals surface area contributed by atoms with Crippen LogP contribution in [0.5, 0.6) is 0 Å². The Morgan fingerprint density at radius 3 is 2.36 bits per heavy atom. The van der Waals surface area contributed by atoms with Crippen molar-refractivity contribution in [3.63, 3.8) is 0 Å². The molecule has 1 N–H and O–H groups in total. The Labute approximate surface area is 204 Å². The average Bonchev–Trinajstić information content (AvgIpc) is 3.08. The fraction of sp³-hybridized carbons (Fsp3) is 0.393. The lowest BCUT2D eigenvalue weighted by Gasteiger charge is -2.76. The largest absolute Gasteiger partial charge is 0.478 e. The molecule has 0 saturated heterocycles. The molecule has 3 nitrogen and oxygen atoms in total. The van der Waals surface area contributed by atoms with Crippen molar-refractivity contribution in [2.75, 3.05) is 0 Å². The monoisotopic (exact) mass is 501 g/mol. The maximum Gasteiger partial charge on any atom is 0.394 e. The fourth-order valence-corrected chi connectivity index (χ4v) is 7.27. The first-order chi connectivity index (χ1) is 16.9. The van der Waals surface area contributed by atoms with Crippen molar-refractivity contribution >= 4 is 17.6 Å². The standard InChI is InChI=1S/C28H24F5NO2/c1-15-8-19-18-5-3-2-4-17(18)11-20(19)25(34(15)27-12-26(13-27,14-27)28(31,32)33)24-21(29)9-16(10-22(24)30)6-7-23(35)36/h2-7,9-10,15,25H,8,11-14H2,1H3,(H,35,36)/b7-6+/t15-,25+,26?,27?/m1/s1. The van der Waals surface area contributed by atoms with Crippen molar-refractivity contribution in [2.24, 2.45) is 5.41 Å². The summed E-state index contributed by atoms with van der Waals surface area (Å²) in [5.41, 5.74) is 1.40. The molecule has 1 aliphatic heterocycles. The van der Waals surface area contributed by atoms with Crippen LogP contribution in [0.1, 0.15) is 60.9 Å². The third kappa shape index (κ3) is 3.16. The van der Waals surface area contributed by atoms with Gasteiger partial charge < -0.3 is 5.11 Å². The lowest BCUT2D eigenvalue weighted by Crippen LogP contribution is -2.80. The van der Waals surface area contributed by atoms with Gasteiger partial charge in [0.25, 0.3) is 0 Å². The maximum atomic E-state index is 15.6. The molecule has 3 saturated carbocycles. The molecule has 3 fully saturated rings. The van der Waals surface area contributed by atoms with E-state index in [0.717, 1.165) is 46.6 Å². The minimum Gasteiger partial charge on any atom is -0.478 e. The number of carboxylic acid groups (broad SMARTS) is 1. The van der Waals surface area contributed by atoms with Gasteiger partial charge in [-0.2, -0.15) is 13.2 Å². The van der Waals surface area contributed by atoms with E-state index in [4.69, 9.17) is 5.11 Å². The first-order valence-corrected chi connectivity index (χ1v) is 12.0. The molecule has 2 aromatic rings. The Bertz CT molecular complexity index is 1320. The fourth-order valence-electron chi connectivity index (χ4n) is 7.27. The number of hydrogen-bond acceptors (Lipinski definition) is 2. The Balaban J connectivity index is 1.47. The molecular weight excluding hydrogens is 477 g/mol. The topological polar surface area (TPSA) is 40.5 Å². The van der Waals surface area contributed by atoms with E-state index in [2.05, 4.69) is 0 Å². The maximum absolute atomic E-state index is 15.6. The van der Waals surface area contributed by atoms with Gasteiger partial charge in [0.15, 0.2) is 0 Å². The van der Waals surface area contributed by atoms with E-state index in [9.17, 15) is 18.0 Å². The van der Waals surface area contributed by atoms with E-state index in [-0.39, 0.29) is 36.4 Å². The lowest BCUT2D eigenvalue weighted by atomic mass is 9.37. The number of aliphatic carboxylic acids is 1. The number of hydrogen-bond donors (Lipinski definition) is 1. The van der Waals surface area contributed by atoms with Crippen LogP contribution in [0.2, 0.25) is 0 Å². The van der Waals surface area contributed by atoms with Crippen molar-refractivity contribution < 1.29 is 31.9 Å². The zero-order chi connectivity index (χ0) is 25.6. The first kappa shape index (κ1) is 23.4. The molecule has 36 heavy (non-hydrogen) atoms. The molecule has 0 unspecified atom stereocenters.